The molecule has 0 unspecified atom stereocenters. The van der Waals surface area contributed by atoms with Gasteiger partial charge in [-0.3, -0.25) is 4.79 Å². The lowest BCUT2D eigenvalue weighted by molar-refractivity contribution is 0.102. The first-order valence-electron chi connectivity index (χ1n) is 9.10. The van der Waals surface area contributed by atoms with Gasteiger partial charge in [-0.15, -0.1) is 0 Å². The van der Waals surface area contributed by atoms with E-state index in [9.17, 15) is 18.4 Å². The number of urea groups is 1. The van der Waals surface area contributed by atoms with Crippen molar-refractivity contribution in [3.63, 3.8) is 0 Å². The number of carbonyl (C=O) groups excluding carboxylic acids is 2. The first-order valence-corrected chi connectivity index (χ1v) is 9.50. The molecule has 0 aliphatic rings. The highest BCUT2D eigenvalue weighted by atomic mass is 32.1. The van der Waals surface area contributed by atoms with Gasteiger partial charge in [-0.25, -0.2) is 17.9 Å². The molecule has 0 aromatic heterocycles. The minimum absolute atomic E-state index is 0.306. The molecule has 0 fully saturated rings. The van der Waals surface area contributed by atoms with Crippen molar-refractivity contribution in [3.05, 3.63) is 95.6 Å². The van der Waals surface area contributed by atoms with Gasteiger partial charge < -0.3 is 10.6 Å². The van der Waals surface area contributed by atoms with Gasteiger partial charge in [0.25, 0.3) is 5.91 Å². The van der Waals surface area contributed by atoms with Gasteiger partial charge in [-0.1, -0.05) is 24.9 Å². The van der Waals surface area contributed by atoms with Gasteiger partial charge in [-0.2, -0.15) is 0 Å². The van der Waals surface area contributed by atoms with Crippen molar-refractivity contribution in [2.24, 2.45) is 0 Å². The normalized spacial score (nSPS) is 10.4. The van der Waals surface area contributed by atoms with Crippen molar-refractivity contribution in [1.82, 2.24) is 5.32 Å². The Bertz CT molecular complexity index is 1010. The molecule has 0 saturated heterocycles. The van der Waals surface area contributed by atoms with Crippen LogP contribution in [0.2, 0.25) is 0 Å². The van der Waals surface area contributed by atoms with E-state index in [0.717, 1.165) is 9.87 Å². The summed E-state index contributed by atoms with van der Waals surface area (Å²) >= 11 is 4.20. The lowest BCUT2D eigenvalue weighted by Crippen LogP contribution is -2.35. The predicted molar refractivity (Wildman–Crippen MR) is 116 cm³/mol. The molecule has 154 valence electrons. The molecule has 8 heteroatoms. The lowest BCUT2D eigenvalue weighted by Gasteiger charge is -2.17. The Labute approximate surface area is 178 Å². The summed E-state index contributed by atoms with van der Waals surface area (Å²) in [7, 11) is 0. The van der Waals surface area contributed by atoms with E-state index in [1.807, 2.05) is 0 Å². The molecule has 3 amide bonds. The number of benzene rings is 3. The third kappa shape index (κ3) is 5.81. The molecule has 0 atom stereocenters. The summed E-state index contributed by atoms with van der Waals surface area (Å²) < 4.78 is 27.0. The molecule has 0 heterocycles. The van der Waals surface area contributed by atoms with E-state index in [1.165, 1.54) is 36.4 Å². The van der Waals surface area contributed by atoms with Crippen LogP contribution in [0.1, 0.15) is 15.9 Å². The fourth-order valence-corrected chi connectivity index (χ4v) is 2.85. The highest BCUT2D eigenvalue weighted by Crippen LogP contribution is 2.18. The zero-order valence-corrected chi connectivity index (χ0v) is 16.7. The highest BCUT2D eigenvalue weighted by molar-refractivity contribution is 7.82. The second-order valence-corrected chi connectivity index (χ2v) is 6.83. The molecule has 0 aliphatic carbocycles. The number of hydrogen-bond donors (Lipinski definition) is 3. The van der Waals surface area contributed by atoms with Crippen LogP contribution in [0.3, 0.4) is 0 Å². The number of rotatable bonds is 6. The van der Waals surface area contributed by atoms with Crippen LogP contribution in [-0.4, -0.2) is 18.5 Å². The quantitative estimate of drug-likeness (QED) is 0.494. The van der Waals surface area contributed by atoms with E-state index < -0.39 is 6.03 Å². The summed E-state index contributed by atoms with van der Waals surface area (Å²) in [5, 5.41) is 5.39. The number of amides is 3. The monoisotopic (exact) mass is 427 g/mol. The Morgan fingerprint density at radius 3 is 2.00 bits per heavy atom. The van der Waals surface area contributed by atoms with Crippen molar-refractivity contribution in [1.29, 1.82) is 0 Å². The molecule has 0 bridgehead atoms. The molecular formula is C22H19F2N3O2S. The van der Waals surface area contributed by atoms with Crippen LogP contribution in [0, 0.1) is 11.6 Å². The van der Waals surface area contributed by atoms with Gasteiger partial charge in [0.15, 0.2) is 0 Å². The smallest absolute Gasteiger partial charge is 0.331 e. The molecule has 3 aromatic rings. The average Bonchev–Trinajstić information content (AvgIpc) is 2.76. The molecule has 0 saturated carbocycles. The van der Waals surface area contributed by atoms with Crippen LogP contribution in [0.15, 0.2) is 72.8 Å². The maximum absolute atomic E-state index is 12.9. The van der Waals surface area contributed by atoms with Crippen molar-refractivity contribution >= 4 is 36.1 Å². The van der Waals surface area contributed by atoms with E-state index in [0.29, 0.717) is 29.9 Å². The minimum atomic E-state index is -0.427. The predicted octanol–water partition coefficient (Wildman–Crippen LogP) is 4.82. The fraction of sp³-hybridized carbons (Fsp3) is 0.0909. The van der Waals surface area contributed by atoms with Gasteiger partial charge in [0, 0.05) is 17.8 Å². The van der Waals surface area contributed by atoms with E-state index in [4.69, 9.17) is 0 Å². The Morgan fingerprint density at radius 1 is 0.833 bits per heavy atom. The number of halogens is 2. The van der Waals surface area contributed by atoms with Crippen molar-refractivity contribution in [3.8, 4) is 0 Å². The zero-order valence-electron chi connectivity index (χ0n) is 15.8. The number of nitrogens with zero attached hydrogens (tertiary/aromatic N) is 1. The molecule has 3 rings (SSSR count). The van der Waals surface area contributed by atoms with Crippen LogP contribution in [0.4, 0.5) is 25.0 Å². The van der Waals surface area contributed by atoms with Crippen LogP contribution < -0.4 is 14.9 Å². The van der Waals surface area contributed by atoms with Gasteiger partial charge >= 0.3 is 6.03 Å². The third-order valence-electron chi connectivity index (χ3n) is 4.27. The van der Waals surface area contributed by atoms with Crippen LogP contribution >= 0.6 is 12.8 Å². The molecule has 0 radical (unpaired) electrons. The Morgan fingerprint density at radius 2 is 1.40 bits per heavy atom. The number of carbonyl (C=O) groups is 2. The SMILES string of the molecule is O=C(Nc1ccc(F)cc1)c1ccc(N(S)C(=O)NCCc2ccc(F)cc2)cc1. The number of hydrogen-bond acceptors (Lipinski definition) is 3. The van der Waals surface area contributed by atoms with Crippen molar-refractivity contribution < 1.29 is 18.4 Å². The molecular weight excluding hydrogens is 408 g/mol. The lowest BCUT2D eigenvalue weighted by atomic mass is 10.1. The van der Waals surface area contributed by atoms with E-state index in [1.54, 1.807) is 36.4 Å². The molecule has 0 spiro atoms. The number of anilines is 2. The van der Waals surface area contributed by atoms with Gasteiger partial charge in [0.1, 0.15) is 11.6 Å². The molecule has 5 nitrogen and oxygen atoms in total. The fourth-order valence-electron chi connectivity index (χ4n) is 2.65. The van der Waals surface area contributed by atoms with E-state index in [-0.39, 0.29) is 17.5 Å². The Kier molecular flexibility index (Phi) is 7.03. The topological polar surface area (TPSA) is 61.4 Å². The summed E-state index contributed by atoms with van der Waals surface area (Å²) in [5.41, 5.74) is 2.23. The van der Waals surface area contributed by atoms with Crippen molar-refractivity contribution in [2.45, 2.75) is 6.42 Å². The summed E-state index contributed by atoms with van der Waals surface area (Å²) in [6.45, 7) is 0.361. The average molecular weight is 427 g/mol. The van der Waals surface area contributed by atoms with E-state index in [2.05, 4.69) is 23.4 Å². The Hall–Kier alpha value is -3.39. The Balaban J connectivity index is 1.52. The summed E-state index contributed by atoms with van der Waals surface area (Å²) in [5.74, 6) is -1.05. The summed E-state index contributed by atoms with van der Waals surface area (Å²) in [6.07, 6.45) is 0.552. The van der Waals surface area contributed by atoms with Crippen LogP contribution in [0.5, 0.6) is 0 Å². The third-order valence-corrected chi connectivity index (χ3v) is 4.68. The standard InChI is InChI=1S/C22H19F2N3O2S/c23-17-5-1-15(2-6-17)13-14-25-22(29)27(30)20-11-3-16(4-12-20)21(28)26-19-9-7-18(24)8-10-19/h1-12,30H,13-14H2,(H,25,29)(H,26,28). The summed E-state index contributed by atoms with van der Waals surface area (Å²) in [4.78, 5) is 24.5. The van der Waals surface area contributed by atoms with Gasteiger partial charge in [0.05, 0.1) is 5.69 Å². The number of nitrogens with one attached hydrogen (secondary N) is 2. The second kappa shape index (κ2) is 9.89. The zero-order chi connectivity index (χ0) is 21.5. The maximum atomic E-state index is 12.9. The second-order valence-electron chi connectivity index (χ2n) is 6.43. The largest absolute Gasteiger partial charge is 0.337 e. The molecule has 2 N–H and O–H groups in total. The van der Waals surface area contributed by atoms with Gasteiger partial charge in [-0.05, 0) is 72.6 Å². The maximum Gasteiger partial charge on any atom is 0.331 e. The minimum Gasteiger partial charge on any atom is -0.337 e. The van der Waals surface area contributed by atoms with Crippen molar-refractivity contribution in [2.75, 3.05) is 16.2 Å². The number of thiol groups is 1. The highest BCUT2D eigenvalue weighted by Gasteiger charge is 2.13. The van der Waals surface area contributed by atoms with Gasteiger partial charge in [0.2, 0.25) is 0 Å². The molecule has 30 heavy (non-hydrogen) atoms. The first-order chi connectivity index (χ1) is 14.4. The van der Waals surface area contributed by atoms with Crippen LogP contribution in [0.25, 0.3) is 0 Å². The van der Waals surface area contributed by atoms with Crippen LogP contribution in [-0.2, 0) is 6.42 Å². The first kappa shape index (κ1) is 21.3. The molecule has 0 aliphatic heterocycles. The molecule has 3 aromatic carbocycles. The van der Waals surface area contributed by atoms with E-state index >= 15 is 0 Å². The summed E-state index contributed by atoms with van der Waals surface area (Å²) in [6, 6.07) is 17.4.